The van der Waals surface area contributed by atoms with E-state index in [1.807, 2.05) is 18.2 Å². The van der Waals surface area contributed by atoms with E-state index in [1.54, 1.807) is 0 Å². The van der Waals surface area contributed by atoms with Gasteiger partial charge in [-0.15, -0.1) is 0 Å². The Morgan fingerprint density at radius 1 is 1.10 bits per heavy atom. The molecule has 0 aliphatic carbocycles. The van der Waals surface area contributed by atoms with Gasteiger partial charge in [-0.05, 0) is 42.1 Å². The normalized spacial score (nSPS) is 10.9. The summed E-state index contributed by atoms with van der Waals surface area (Å²) in [5, 5.41) is 0.716. The molecule has 2 aromatic rings. The third-order valence-electron chi connectivity index (χ3n) is 3.51. The van der Waals surface area contributed by atoms with Gasteiger partial charge in [-0.2, -0.15) is 0 Å². The first-order valence-corrected chi connectivity index (χ1v) is 7.68. The Labute approximate surface area is 131 Å². The molecule has 0 aliphatic rings. The molecule has 0 fully saturated rings. The lowest BCUT2D eigenvalue weighted by Gasteiger charge is -2.13. The fourth-order valence-corrected chi connectivity index (χ4v) is 2.48. The summed E-state index contributed by atoms with van der Waals surface area (Å²) in [4.78, 5) is 0. The lowest BCUT2D eigenvalue weighted by atomic mass is 10.0. The van der Waals surface area contributed by atoms with Crippen molar-refractivity contribution in [2.24, 2.45) is 5.73 Å². The van der Waals surface area contributed by atoms with Crippen molar-refractivity contribution in [1.82, 2.24) is 0 Å². The van der Waals surface area contributed by atoms with Crippen LogP contribution in [0.25, 0.3) is 0 Å². The molecule has 0 aromatic heterocycles. The molecule has 0 heterocycles. The van der Waals surface area contributed by atoms with Gasteiger partial charge in [0.05, 0.1) is 0 Å². The van der Waals surface area contributed by atoms with Crippen molar-refractivity contribution in [3.05, 3.63) is 64.2 Å². The molecular weight excluding hydrogens is 282 g/mol. The van der Waals surface area contributed by atoms with Crippen LogP contribution < -0.4 is 10.5 Å². The first-order chi connectivity index (χ1) is 10.1. The van der Waals surface area contributed by atoms with Gasteiger partial charge in [0, 0.05) is 10.6 Å². The second-order valence-electron chi connectivity index (χ2n) is 5.44. The second-order valence-corrected chi connectivity index (χ2v) is 5.85. The number of hydrogen-bond donors (Lipinski definition) is 1. The van der Waals surface area contributed by atoms with Gasteiger partial charge in [-0.25, -0.2) is 0 Å². The number of hydrogen-bond acceptors (Lipinski definition) is 2. The Morgan fingerprint density at radius 2 is 1.81 bits per heavy atom. The summed E-state index contributed by atoms with van der Waals surface area (Å²) in [6.07, 6.45) is 0.724. The number of halogens is 1. The predicted molar refractivity (Wildman–Crippen MR) is 89.1 cm³/mol. The quantitative estimate of drug-likeness (QED) is 0.850. The number of ether oxygens (including phenoxy) is 1. The third-order valence-corrected chi connectivity index (χ3v) is 3.87. The Bertz CT molecular complexity index is 578. The summed E-state index contributed by atoms with van der Waals surface area (Å²) in [6.45, 7) is 5.48. The van der Waals surface area contributed by atoms with Crippen LogP contribution in [0.15, 0.2) is 42.5 Å². The van der Waals surface area contributed by atoms with Crippen molar-refractivity contribution in [1.29, 1.82) is 0 Å². The first-order valence-electron chi connectivity index (χ1n) is 7.31. The Hall–Kier alpha value is -1.51. The minimum absolute atomic E-state index is 0.538. The molecule has 21 heavy (non-hydrogen) atoms. The highest BCUT2D eigenvalue weighted by Crippen LogP contribution is 2.27. The molecule has 0 unspecified atom stereocenters. The van der Waals surface area contributed by atoms with Crippen molar-refractivity contribution in [3.63, 3.8) is 0 Å². The molecular formula is C18H22ClNO. The smallest absolute Gasteiger partial charge is 0.124 e. The second kappa shape index (κ2) is 7.48. The molecule has 2 N–H and O–H groups in total. The lowest BCUT2D eigenvalue weighted by molar-refractivity contribution is 0.303. The lowest BCUT2D eigenvalue weighted by Crippen LogP contribution is -2.06. The fourth-order valence-electron chi connectivity index (χ4n) is 2.22. The van der Waals surface area contributed by atoms with E-state index in [4.69, 9.17) is 22.1 Å². The monoisotopic (exact) mass is 303 g/mol. The van der Waals surface area contributed by atoms with E-state index >= 15 is 0 Å². The highest BCUT2D eigenvalue weighted by Gasteiger charge is 2.08. The highest BCUT2D eigenvalue weighted by atomic mass is 35.5. The molecule has 0 bridgehead atoms. The molecule has 0 saturated carbocycles. The van der Waals surface area contributed by atoms with Crippen molar-refractivity contribution in [2.75, 3.05) is 6.54 Å². The largest absolute Gasteiger partial charge is 0.489 e. The van der Waals surface area contributed by atoms with Crippen LogP contribution in [0, 0.1) is 0 Å². The summed E-state index contributed by atoms with van der Waals surface area (Å²) < 4.78 is 5.92. The van der Waals surface area contributed by atoms with Crippen LogP contribution in [0.3, 0.4) is 0 Å². The molecule has 0 radical (unpaired) electrons. The molecule has 0 aliphatic heterocycles. The van der Waals surface area contributed by atoms with Crippen LogP contribution in [0.4, 0.5) is 0 Å². The van der Waals surface area contributed by atoms with Crippen LogP contribution in [-0.2, 0) is 13.0 Å². The topological polar surface area (TPSA) is 35.2 Å². The Kier molecular flexibility index (Phi) is 5.66. The van der Waals surface area contributed by atoms with Crippen molar-refractivity contribution in [3.8, 4) is 5.75 Å². The van der Waals surface area contributed by atoms with E-state index in [0.717, 1.165) is 23.3 Å². The molecule has 2 nitrogen and oxygen atoms in total. The zero-order chi connectivity index (χ0) is 15.2. The molecule has 0 amide bonds. The van der Waals surface area contributed by atoms with Gasteiger partial charge in [0.1, 0.15) is 12.4 Å². The molecule has 0 saturated heterocycles. The SMILES string of the molecule is CC(C)c1ccc(COc2cccc(Cl)c2CCN)cc1. The molecule has 0 atom stereocenters. The maximum atomic E-state index is 6.21. The summed E-state index contributed by atoms with van der Waals surface area (Å²) in [6, 6.07) is 14.3. The van der Waals surface area contributed by atoms with Gasteiger partial charge in [0.2, 0.25) is 0 Å². The number of benzene rings is 2. The average Bonchev–Trinajstić information content (AvgIpc) is 2.48. The van der Waals surface area contributed by atoms with E-state index in [0.29, 0.717) is 24.1 Å². The van der Waals surface area contributed by atoms with Crippen LogP contribution in [0.5, 0.6) is 5.75 Å². The average molecular weight is 304 g/mol. The van der Waals surface area contributed by atoms with Gasteiger partial charge in [-0.3, -0.25) is 0 Å². The molecule has 3 heteroatoms. The summed E-state index contributed by atoms with van der Waals surface area (Å²) >= 11 is 6.21. The van der Waals surface area contributed by atoms with Crippen LogP contribution in [0.2, 0.25) is 5.02 Å². The minimum atomic E-state index is 0.538. The van der Waals surface area contributed by atoms with Gasteiger partial charge < -0.3 is 10.5 Å². The van der Waals surface area contributed by atoms with Crippen molar-refractivity contribution in [2.45, 2.75) is 32.8 Å². The van der Waals surface area contributed by atoms with Crippen LogP contribution >= 0.6 is 11.6 Å². The minimum Gasteiger partial charge on any atom is -0.489 e. The van der Waals surface area contributed by atoms with Crippen molar-refractivity contribution < 1.29 is 4.74 Å². The summed E-state index contributed by atoms with van der Waals surface area (Å²) in [5.74, 6) is 1.37. The maximum absolute atomic E-state index is 6.21. The van der Waals surface area contributed by atoms with Crippen LogP contribution in [0.1, 0.15) is 36.5 Å². The van der Waals surface area contributed by atoms with Gasteiger partial charge in [0.25, 0.3) is 0 Å². The van der Waals surface area contributed by atoms with E-state index in [1.165, 1.54) is 5.56 Å². The van der Waals surface area contributed by atoms with Crippen LogP contribution in [-0.4, -0.2) is 6.54 Å². The Morgan fingerprint density at radius 3 is 2.43 bits per heavy atom. The number of rotatable bonds is 6. The first kappa shape index (κ1) is 15.9. The van der Waals surface area contributed by atoms with E-state index in [9.17, 15) is 0 Å². The summed E-state index contributed by atoms with van der Waals surface area (Å²) in [5.41, 5.74) is 9.11. The van der Waals surface area contributed by atoms with E-state index in [-0.39, 0.29) is 0 Å². The molecule has 2 rings (SSSR count). The standard InChI is InChI=1S/C18H22ClNO/c1-13(2)15-8-6-14(7-9-15)12-21-18-5-3-4-17(19)16(18)10-11-20/h3-9,13H,10-12,20H2,1-2H3. The molecule has 0 spiro atoms. The predicted octanol–water partition coefficient (Wildman–Crippen LogP) is 4.54. The number of nitrogens with two attached hydrogens (primary N) is 1. The maximum Gasteiger partial charge on any atom is 0.124 e. The van der Waals surface area contributed by atoms with E-state index in [2.05, 4.69) is 38.1 Å². The zero-order valence-electron chi connectivity index (χ0n) is 12.6. The summed E-state index contributed by atoms with van der Waals surface area (Å²) in [7, 11) is 0. The molecule has 112 valence electrons. The Balaban J connectivity index is 2.07. The third kappa shape index (κ3) is 4.23. The van der Waals surface area contributed by atoms with Gasteiger partial charge in [-0.1, -0.05) is 55.8 Å². The molecule has 2 aromatic carbocycles. The highest BCUT2D eigenvalue weighted by molar-refractivity contribution is 6.31. The fraction of sp³-hybridized carbons (Fsp3) is 0.333. The van der Waals surface area contributed by atoms with E-state index < -0.39 is 0 Å². The van der Waals surface area contributed by atoms with Gasteiger partial charge in [0.15, 0.2) is 0 Å². The zero-order valence-corrected chi connectivity index (χ0v) is 13.4. The van der Waals surface area contributed by atoms with Crippen molar-refractivity contribution >= 4 is 11.6 Å². The van der Waals surface area contributed by atoms with Gasteiger partial charge >= 0.3 is 0 Å².